The van der Waals surface area contributed by atoms with Gasteiger partial charge in [-0.05, 0) is 13.0 Å². The molecule has 4 heteroatoms. The van der Waals surface area contributed by atoms with Crippen molar-refractivity contribution < 1.29 is 9.18 Å². The molecule has 1 amide bonds. The van der Waals surface area contributed by atoms with Gasteiger partial charge in [0.15, 0.2) is 0 Å². The van der Waals surface area contributed by atoms with Gasteiger partial charge >= 0.3 is 0 Å². The summed E-state index contributed by atoms with van der Waals surface area (Å²) in [5.74, 6) is -0.817. The van der Waals surface area contributed by atoms with E-state index in [0.29, 0.717) is 17.1 Å². The van der Waals surface area contributed by atoms with Crippen LogP contribution in [0.5, 0.6) is 0 Å². The summed E-state index contributed by atoms with van der Waals surface area (Å²) in [6.45, 7) is 1.57. The van der Waals surface area contributed by atoms with Crippen molar-refractivity contribution in [1.29, 1.82) is 0 Å². The summed E-state index contributed by atoms with van der Waals surface area (Å²) < 4.78 is 13.0. The molecule has 0 aliphatic carbocycles. The van der Waals surface area contributed by atoms with E-state index in [0.717, 1.165) is 0 Å². The Morgan fingerprint density at radius 3 is 2.92 bits per heavy atom. The Balaban J connectivity index is 2.58. The molecule has 1 aromatic heterocycles. The largest absolute Gasteiger partial charge is 0.270 e. The van der Waals surface area contributed by atoms with Crippen molar-refractivity contribution >= 4 is 17.7 Å². The van der Waals surface area contributed by atoms with E-state index in [2.05, 4.69) is 10.3 Å². The van der Waals surface area contributed by atoms with Crippen LogP contribution in [0.2, 0.25) is 0 Å². The molecule has 1 aliphatic rings. The molecule has 3 nitrogen and oxygen atoms in total. The number of hydrogen-bond acceptors (Lipinski definition) is 2. The SMILES string of the molecule is Cc1nc2c(cc1F)[N]C(=O)C=C2. The van der Waals surface area contributed by atoms with Crippen LogP contribution < -0.4 is 5.32 Å². The van der Waals surface area contributed by atoms with E-state index >= 15 is 0 Å². The number of aromatic nitrogens is 1. The Labute approximate surface area is 74.3 Å². The van der Waals surface area contributed by atoms with E-state index in [-0.39, 0.29) is 5.91 Å². The van der Waals surface area contributed by atoms with Gasteiger partial charge in [0.2, 0.25) is 0 Å². The number of aryl methyl sites for hydroxylation is 1. The fourth-order valence-electron chi connectivity index (χ4n) is 1.11. The Kier molecular flexibility index (Phi) is 1.62. The molecule has 2 rings (SSSR count). The molecule has 1 radical (unpaired) electrons. The van der Waals surface area contributed by atoms with Crippen LogP contribution in [0.3, 0.4) is 0 Å². The van der Waals surface area contributed by atoms with Gasteiger partial charge < -0.3 is 0 Å². The molecule has 0 aromatic carbocycles. The lowest BCUT2D eigenvalue weighted by atomic mass is 10.2. The molecule has 1 aliphatic heterocycles. The number of halogens is 1. The summed E-state index contributed by atoms with van der Waals surface area (Å²) in [6.07, 6.45) is 2.85. The highest BCUT2D eigenvalue weighted by molar-refractivity contribution is 5.98. The normalized spacial score (nSPS) is 13.8. The maximum Gasteiger partial charge on any atom is 0.270 e. The first kappa shape index (κ1) is 7.91. The zero-order valence-corrected chi connectivity index (χ0v) is 6.91. The highest BCUT2D eigenvalue weighted by Gasteiger charge is 2.14. The summed E-state index contributed by atoms with van der Waals surface area (Å²) in [6, 6.07) is 1.22. The van der Waals surface area contributed by atoms with Crippen LogP contribution in [0, 0.1) is 12.7 Å². The van der Waals surface area contributed by atoms with Crippen molar-refractivity contribution in [2.75, 3.05) is 0 Å². The first-order valence-corrected chi connectivity index (χ1v) is 3.78. The zero-order valence-electron chi connectivity index (χ0n) is 6.91. The van der Waals surface area contributed by atoms with Crippen LogP contribution in [0.1, 0.15) is 11.4 Å². The zero-order chi connectivity index (χ0) is 9.42. The second kappa shape index (κ2) is 2.65. The number of nitrogens with zero attached hydrogens (tertiary/aromatic N) is 2. The van der Waals surface area contributed by atoms with Crippen LogP contribution in [-0.4, -0.2) is 10.9 Å². The van der Waals surface area contributed by atoms with E-state index in [4.69, 9.17) is 0 Å². The molecule has 0 saturated carbocycles. The summed E-state index contributed by atoms with van der Waals surface area (Å²) in [5, 5.41) is 3.62. The van der Waals surface area contributed by atoms with Crippen molar-refractivity contribution in [3.63, 3.8) is 0 Å². The number of rotatable bonds is 0. The highest BCUT2D eigenvalue weighted by atomic mass is 19.1. The van der Waals surface area contributed by atoms with Gasteiger partial charge in [0, 0.05) is 12.1 Å². The predicted octanol–water partition coefficient (Wildman–Crippen LogP) is 1.32. The fourth-order valence-corrected chi connectivity index (χ4v) is 1.11. The first-order chi connectivity index (χ1) is 6.16. The quantitative estimate of drug-likeness (QED) is 0.599. The molecule has 0 bridgehead atoms. The fraction of sp³-hybridized carbons (Fsp3) is 0.111. The van der Waals surface area contributed by atoms with Gasteiger partial charge in [-0.15, -0.1) is 0 Å². The summed E-state index contributed by atoms with van der Waals surface area (Å²) >= 11 is 0. The number of amides is 1. The minimum absolute atomic E-state index is 0.301. The Morgan fingerprint density at radius 1 is 1.38 bits per heavy atom. The molecule has 0 fully saturated rings. The second-order valence-corrected chi connectivity index (χ2v) is 2.74. The number of pyridine rings is 1. The molecule has 0 atom stereocenters. The van der Waals surface area contributed by atoms with Crippen molar-refractivity contribution in [3.05, 3.63) is 29.3 Å². The Morgan fingerprint density at radius 2 is 2.15 bits per heavy atom. The average molecular weight is 177 g/mol. The van der Waals surface area contributed by atoms with Gasteiger partial charge in [-0.2, -0.15) is 0 Å². The van der Waals surface area contributed by atoms with Crippen molar-refractivity contribution in [1.82, 2.24) is 10.3 Å². The van der Waals surface area contributed by atoms with Crippen LogP contribution in [0.15, 0.2) is 12.1 Å². The van der Waals surface area contributed by atoms with E-state index < -0.39 is 5.82 Å². The van der Waals surface area contributed by atoms with E-state index in [1.807, 2.05) is 0 Å². The van der Waals surface area contributed by atoms with Gasteiger partial charge in [-0.3, -0.25) is 4.79 Å². The third kappa shape index (κ3) is 1.30. The van der Waals surface area contributed by atoms with Gasteiger partial charge in [0.05, 0.1) is 17.1 Å². The van der Waals surface area contributed by atoms with Crippen molar-refractivity contribution in [2.45, 2.75) is 6.92 Å². The van der Waals surface area contributed by atoms with Gasteiger partial charge in [0.25, 0.3) is 5.91 Å². The third-order valence-corrected chi connectivity index (χ3v) is 1.77. The summed E-state index contributed by atoms with van der Waals surface area (Å²) in [7, 11) is 0. The van der Waals surface area contributed by atoms with Crippen LogP contribution in [-0.2, 0) is 4.79 Å². The lowest BCUT2D eigenvalue weighted by Crippen LogP contribution is -2.13. The Bertz CT molecular complexity index is 412. The van der Waals surface area contributed by atoms with Gasteiger partial charge in [-0.1, -0.05) is 0 Å². The predicted molar refractivity (Wildman–Crippen MR) is 44.8 cm³/mol. The second-order valence-electron chi connectivity index (χ2n) is 2.74. The molecular formula is C9H6FN2O. The number of carbonyl (C=O) groups is 1. The van der Waals surface area contributed by atoms with Crippen molar-refractivity contribution in [2.24, 2.45) is 0 Å². The van der Waals surface area contributed by atoms with E-state index in [1.54, 1.807) is 6.92 Å². The highest BCUT2D eigenvalue weighted by Crippen LogP contribution is 2.21. The standard InChI is InChI=1S/C9H6FN2O/c1-5-6(10)4-8-7(11-5)2-3-9(13)12-8/h2-4H,1H3. The van der Waals surface area contributed by atoms with Crippen LogP contribution in [0.25, 0.3) is 6.08 Å². The molecule has 13 heavy (non-hydrogen) atoms. The van der Waals surface area contributed by atoms with Crippen LogP contribution in [0.4, 0.5) is 10.1 Å². The maximum atomic E-state index is 13.0. The van der Waals surface area contributed by atoms with E-state index in [1.165, 1.54) is 18.2 Å². The summed E-state index contributed by atoms with van der Waals surface area (Å²) in [4.78, 5) is 14.8. The first-order valence-electron chi connectivity index (χ1n) is 3.78. The minimum Gasteiger partial charge on any atom is -0.267 e. The number of fused-ring (bicyclic) bond motifs is 1. The molecule has 2 heterocycles. The van der Waals surface area contributed by atoms with Gasteiger partial charge in [0.1, 0.15) is 5.82 Å². The average Bonchev–Trinajstić information content (AvgIpc) is 2.08. The lowest BCUT2D eigenvalue weighted by molar-refractivity contribution is -0.115. The molecule has 0 N–H and O–H groups in total. The van der Waals surface area contributed by atoms with Crippen molar-refractivity contribution in [3.8, 4) is 0 Å². The smallest absolute Gasteiger partial charge is 0.267 e. The Hall–Kier alpha value is -1.71. The van der Waals surface area contributed by atoms with Crippen LogP contribution >= 0.6 is 0 Å². The minimum atomic E-state index is -0.439. The third-order valence-electron chi connectivity index (χ3n) is 1.77. The molecular weight excluding hydrogens is 171 g/mol. The molecule has 65 valence electrons. The topological polar surface area (TPSA) is 44.1 Å². The lowest BCUT2D eigenvalue weighted by Gasteiger charge is -2.08. The molecule has 1 aromatic rings. The monoisotopic (exact) mass is 177 g/mol. The molecule has 0 unspecified atom stereocenters. The number of carbonyl (C=O) groups excluding carboxylic acids is 1. The molecule has 0 saturated heterocycles. The summed E-state index contributed by atoms with van der Waals surface area (Å²) in [5.41, 5.74) is 1.15. The number of hydrogen-bond donors (Lipinski definition) is 0. The van der Waals surface area contributed by atoms with E-state index in [9.17, 15) is 9.18 Å². The maximum absolute atomic E-state index is 13.0. The van der Waals surface area contributed by atoms with Gasteiger partial charge in [-0.25, -0.2) is 14.7 Å². The molecule has 0 spiro atoms.